The zero-order valence-corrected chi connectivity index (χ0v) is 30.4. The van der Waals surface area contributed by atoms with Gasteiger partial charge < -0.3 is 14.4 Å². The smallest absolute Gasteiger partial charge is 0.286 e. The summed E-state index contributed by atoms with van der Waals surface area (Å²) in [5.74, 6) is 0.253. The lowest BCUT2D eigenvalue weighted by Gasteiger charge is -2.46. The second-order valence-corrected chi connectivity index (χ2v) is 16.8. The van der Waals surface area contributed by atoms with Crippen LogP contribution in [0.2, 0.25) is 0 Å². The molecule has 3 aromatic rings. The fraction of sp³-hybridized carbons (Fsp3) is 0.513. The van der Waals surface area contributed by atoms with E-state index in [1.807, 2.05) is 19.1 Å². The number of aryl methyl sites for hydroxylation is 3. The van der Waals surface area contributed by atoms with Crippen LogP contribution in [0.4, 0.5) is 5.69 Å². The molecular formula is C39H49N5O5S. The number of amides is 2. The summed E-state index contributed by atoms with van der Waals surface area (Å²) in [6, 6.07) is 12.2. The fourth-order valence-electron chi connectivity index (χ4n) is 8.45. The number of allylic oxidation sites excluding steroid dienone is 1. The third-order valence-electron chi connectivity index (χ3n) is 11.4. The Morgan fingerprint density at radius 2 is 2.06 bits per heavy atom. The molecule has 1 spiro atoms. The lowest BCUT2D eigenvalue weighted by Crippen LogP contribution is -2.49. The van der Waals surface area contributed by atoms with E-state index in [4.69, 9.17) is 9.47 Å². The predicted octanol–water partition coefficient (Wildman–Crippen LogP) is 6.18. The molecule has 6 atom stereocenters. The molecule has 1 saturated carbocycles. The van der Waals surface area contributed by atoms with Crippen LogP contribution in [-0.4, -0.2) is 64.5 Å². The highest BCUT2D eigenvalue weighted by molar-refractivity contribution is 7.92. The average Bonchev–Trinajstić information content (AvgIpc) is 3.47. The maximum atomic E-state index is 14.6. The van der Waals surface area contributed by atoms with Crippen molar-refractivity contribution in [3.63, 3.8) is 0 Å². The number of hydrogen-bond donors (Lipinski definition) is 1. The maximum Gasteiger partial charge on any atom is 0.286 e. The number of carbonyl (C=O) groups excluding carboxylic acids is 2. The van der Waals surface area contributed by atoms with Gasteiger partial charge in [-0.15, -0.1) is 4.36 Å². The van der Waals surface area contributed by atoms with Crippen LogP contribution in [0, 0.1) is 24.7 Å². The van der Waals surface area contributed by atoms with Crippen molar-refractivity contribution < 1.29 is 23.3 Å². The minimum Gasteiger partial charge on any atom is -0.490 e. The van der Waals surface area contributed by atoms with Crippen LogP contribution in [0.5, 0.6) is 5.75 Å². The first kappa shape index (κ1) is 34.5. The molecule has 1 aromatic heterocycles. The predicted molar refractivity (Wildman–Crippen MR) is 195 cm³/mol. The van der Waals surface area contributed by atoms with Gasteiger partial charge in [0.05, 0.1) is 35.9 Å². The highest BCUT2D eigenvalue weighted by Gasteiger charge is 2.44. The van der Waals surface area contributed by atoms with Gasteiger partial charge in [-0.25, -0.2) is 4.21 Å². The van der Waals surface area contributed by atoms with Gasteiger partial charge in [0.1, 0.15) is 15.7 Å². The van der Waals surface area contributed by atoms with E-state index >= 15 is 0 Å². The van der Waals surface area contributed by atoms with Crippen molar-refractivity contribution in [3.8, 4) is 5.75 Å². The van der Waals surface area contributed by atoms with Gasteiger partial charge in [-0.2, -0.15) is 5.10 Å². The number of nitrogens with zero attached hydrogens (tertiary/aromatic N) is 4. The average molecular weight is 700 g/mol. The summed E-state index contributed by atoms with van der Waals surface area (Å²) < 4.78 is 35.8. The molecule has 2 aliphatic heterocycles. The number of benzene rings is 2. The lowest BCUT2D eigenvalue weighted by atomic mass is 9.68. The van der Waals surface area contributed by atoms with Crippen LogP contribution in [0.15, 0.2) is 65.3 Å². The number of nitrogens with one attached hydrogen (secondary N) is 1. The van der Waals surface area contributed by atoms with Crippen molar-refractivity contribution in [2.45, 2.75) is 70.3 Å². The summed E-state index contributed by atoms with van der Waals surface area (Å²) in [6.07, 6.45) is 13.9. The summed E-state index contributed by atoms with van der Waals surface area (Å²) in [5, 5.41) is 4.08. The minimum atomic E-state index is -3.51. The van der Waals surface area contributed by atoms with Gasteiger partial charge in [0.2, 0.25) is 0 Å². The molecule has 2 aliphatic carbocycles. The van der Waals surface area contributed by atoms with Crippen molar-refractivity contribution >= 4 is 27.4 Å². The topological polar surface area (TPSA) is 115 Å². The lowest BCUT2D eigenvalue weighted by molar-refractivity contribution is 0.0131. The second-order valence-electron chi connectivity index (χ2n) is 14.8. The maximum absolute atomic E-state index is 14.6. The molecule has 3 heterocycles. The van der Waals surface area contributed by atoms with Crippen molar-refractivity contribution in [1.82, 2.24) is 14.5 Å². The zero-order chi connectivity index (χ0) is 35.0. The van der Waals surface area contributed by atoms with Crippen molar-refractivity contribution in [3.05, 3.63) is 88.8 Å². The molecule has 1 fully saturated rings. The molecule has 2 aromatic carbocycles. The van der Waals surface area contributed by atoms with E-state index in [9.17, 15) is 13.8 Å². The van der Waals surface area contributed by atoms with Gasteiger partial charge in [-0.3, -0.25) is 19.0 Å². The Labute approximate surface area is 295 Å². The zero-order valence-electron chi connectivity index (χ0n) is 29.6. The molecule has 50 heavy (non-hydrogen) atoms. The molecular weight excluding hydrogens is 651 g/mol. The van der Waals surface area contributed by atoms with Crippen molar-refractivity contribution in [1.29, 1.82) is 0 Å². The van der Waals surface area contributed by atoms with Crippen LogP contribution in [-0.2, 0) is 33.5 Å². The number of rotatable bonds is 4. The first-order valence-corrected chi connectivity index (χ1v) is 19.7. The van der Waals surface area contributed by atoms with Gasteiger partial charge in [0, 0.05) is 44.4 Å². The first-order chi connectivity index (χ1) is 24.1. The fourth-order valence-corrected chi connectivity index (χ4v) is 10.4. The summed E-state index contributed by atoms with van der Waals surface area (Å²) in [4.78, 5) is 29.7. The number of hydrogen-bond acceptors (Lipinski definition) is 7. The molecule has 0 saturated heterocycles. The van der Waals surface area contributed by atoms with Crippen LogP contribution in [0.1, 0.15) is 82.9 Å². The molecule has 1 N–H and O–H groups in total. The van der Waals surface area contributed by atoms with Crippen molar-refractivity contribution in [2.75, 3.05) is 37.5 Å². The number of anilines is 1. The largest absolute Gasteiger partial charge is 0.490 e. The van der Waals surface area contributed by atoms with E-state index in [0.29, 0.717) is 36.8 Å². The Morgan fingerprint density at radius 1 is 1.20 bits per heavy atom. The number of methoxy groups -OCH3 is 1. The van der Waals surface area contributed by atoms with Crippen LogP contribution >= 0.6 is 0 Å². The summed E-state index contributed by atoms with van der Waals surface area (Å²) in [7, 11) is -0.0292. The van der Waals surface area contributed by atoms with Gasteiger partial charge in [-0.05, 0) is 92.5 Å². The van der Waals surface area contributed by atoms with E-state index in [-0.39, 0.29) is 28.8 Å². The quantitative estimate of drug-likeness (QED) is 0.324. The number of fused-ring (bicyclic) bond motifs is 4. The Bertz CT molecular complexity index is 1930. The summed E-state index contributed by atoms with van der Waals surface area (Å²) in [5.41, 5.74) is 5.24. The third-order valence-corrected chi connectivity index (χ3v) is 13.3. The summed E-state index contributed by atoms with van der Waals surface area (Å²) in [6.45, 7) is 6.29. The molecule has 0 radical (unpaired) electrons. The molecule has 1 unspecified atom stereocenters. The summed E-state index contributed by atoms with van der Waals surface area (Å²) >= 11 is 0. The highest BCUT2D eigenvalue weighted by Crippen LogP contribution is 2.47. The van der Waals surface area contributed by atoms with Crippen molar-refractivity contribution in [2.24, 2.45) is 29.2 Å². The van der Waals surface area contributed by atoms with Crippen LogP contribution in [0.3, 0.4) is 0 Å². The van der Waals surface area contributed by atoms with Crippen LogP contribution in [0.25, 0.3) is 0 Å². The van der Waals surface area contributed by atoms with Gasteiger partial charge in [0.25, 0.3) is 11.8 Å². The van der Waals surface area contributed by atoms with Gasteiger partial charge in [0.15, 0.2) is 0 Å². The molecule has 266 valence electrons. The molecule has 2 bridgehead atoms. The van der Waals surface area contributed by atoms with E-state index in [1.54, 1.807) is 26.4 Å². The number of aromatic nitrogens is 2. The van der Waals surface area contributed by atoms with E-state index in [1.165, 1.54) is 27.6 Å². The first-order valence-electron chi connectivity index (χ1n) is 18.0. The van der Waals surface area contributed by atoms with Gasteiger partial charge in [-0.1, -0.05) is 49.3 Å². The molecule has 11 heteroatoms. The molecule has 7 rings (SSSR count). The standard InChI is InChI=1S/C39H49N5O5S/c1-5-27-8-6-10-35(48-4)32-14-12-30(32)22-44-24-39(17-7-9-28-18-26(2)11-15-33(28)39)25-49-36-16-13-29(19-34(36)44)37(45)41-50(47,23-27)42-38(46)31-20-40-43(3)21-31/h6,10-11,13,15-16,18-21,27,30,32,35H,5,7-9,12,14,17,22-25H2,1-4H3,(H,41,42,45,46,47)/b10-6+/t27-,30-,32+,35-,39-,50?/m0/s1. The van der Waals surface area contributed by atoms with E-state index < -0.39 is 21.7 Å². The monoisotopic (exact) mass is 699 g/mol. The SMILES string of the molecule is CC[C@H]1C/C=C/[C@H](OC)[C@@H]2CC[C@H]2CN2C[C@@]3(CCCc4cc(C)ccc43)COc3ccc(cc32)C(=O)N=S(=O)(NC(=O)c2cnn(C)c2)C1. The second kappa shape index (κ2) is 14.0. The molecule has 10 nitrogen and oxygen atoms in total. The third kappa shape index (κ3) is 6.86. The number of ether oxygens (including phenoxy) is 2. The molecule has 4 aliphatic rings. The normalized spacial score (nSPS) is 30.2. The Balaban J connectivity index is 1.31. The highest BCUT2D eigenvalue weighted by atomic mass is 32.2. The Hall–Kier alpha value is -3.96. The van der Waals surface area contributed by atoms with Crippen LogP contribution < -0.4 is 14.4 Å². The van der Waals surface area contributed by atoms with E-state index in [2.05, 4.69) is 56.4 Å². The number of carbonyl (C=O) groups is 2. The van der Waals surface area contributed by atoms with Gasteiger partial charge >= 0.3 is 0 Å². The Morgan fingerprint density at radius 3 is 2.80 bits per heavy atom. The van der Waals surface area contributed by atoms with E-state index in [0.717, 1.165) is 56.6 Å². The Kier molecular flexibility index (Phi) is 9.64. The molecule has 2 amide bonds. The minimum absolute atomic E-state index is 0.0386.